The van der Waals surface area contributed by atoms with E-state index in [1.165, 1.54) is 0 Å². The van der Waals surface area contributed by atoms with Gasteiger partial charge >= 0.3 is 0 Å². The number of aromatic nitrogens is 1. The highest BCUT2D eigenvalue weighted by Gasteiger charge is 2.24. The number of carbonyl (C=O) groups excluding carboxylic acids is 1. The van der Waals surface area contributed by atoms with E-state index in [2.05, 4.69) is 15.8 Å². The first-order valence-corrected chi connectivity index (χ1v) is 5.08. The number of hydrogen-bond donors (Lipinski definition) is 2. The molecule has 0 saturated carbocycles. The van der Waals surface area contributed by atoms with Crippen LogP contribution >= 0.6 is 12.4 Å². The molecule has 90 valence electrons. The van der Waals surface area contributed by atoms with Gasteiger partial charge in [0.05, 0.1) is 11.6 Å². The first-order valence-electron chi connectivity index (χ1n) is 5.08. The average molecular weight is 246 g/mol. The first-order chi connectivity index (χ1) is 7.18. The number of amides is 1. The Morgan fingerprint density at radius 1 is 1.56 bits per heavy atom. The van der Waals surface area contributed by atoms with Crippen LogP contribution < -0.4 is 10.6 Å². The number of aryl methyl sites for hydroxylation is 2. The monoisotopic (exact) mass is 245 g/mol. The van der Waals surface area contributed by atoms with Gasteiger partial charge in [0, 0.05) is 25.2 Å². The van der Waals surface area contributed by atoms with Gasteiger partial charge in [0.15, 0.2) is 0 Å². The van der Waals surface area contributed by atoms with Gasteiger partial charge in [-0.15, -0.1) is 12.4 Å². The Balaban J connectivity index is 0.00000128. The van der Waals surface area contributed by atoms with Crippen LogP contribution in [0.4, 0.5) is 0 Å². The Bertz CT molecular complexity index is 355. The highest BCUT2D eigenvalue weighted by Crippen LogP contribution is 2.12. The van der Waals surface area contributed by atoms with Crippen LogP contribution in [-0.2, 0) is 11.3 Å². The molecular formula is C10H16ClN3O2. The largest absolute Gasteiger partial charge is 0.361 e. The van der Waals surface area contributed by atoms with E-state index in [-0.39, 0.29) is 24.2 Å². The van der Waals surface area contributed by atoms with Gasteiger partial charge in [-0.1, -0.05) is 5.16 Å². The quantitative estimate of drug-likeness (QED) is 0.816. The van der Waals surface area contributed by atoms with Crippen LogP contribution in [0, 0.1) is 19.8 Å². The lowest BCUT2D eigenvalue weighted by molar-refractivity contribution is -0.126. The maximum absolute atomic E-state index is 11.5. The molecule has 2 heterocycles. The van der Waals surface area contributed by atoms with Crippen LogP contribution in [0.25, 0.3) is 0 Å². The number of rotatable bonds is 3. The maximum atomic E-state index is 11.5. The molecule has 0 aliphatic carbocycles. The minimum atomic E-state index is 0. The summed E-state index contributed by atoms with van der Waals surface area (Å²) in [5.74, 6) is 1.01. The van der Waals surface area contributed by atoms with E-state index in [9.17, 15) is 4.79 Å². The molecule has 2 N–H and O–H groups in total. The third kappa shape index (κ3) is 2.54. The van der Waals surface area contributed by atoms with Crippen LogP contribution in [-0.4, -0.2) is 24.2 Å². The summed E-state index contributed by atoms with van der Waals surface area (Å²) in [6, 6.07) is 0. The van der Waals surface area contributed by atoms with E-state index in [0.717, 1.165) is 30.1 Å². The molecule has 1 aromatic rings. The molecule has 1 fully saturated rings. The van der Waals surface area contributed by atoms with Crippen molar-refractivity contribution >= 4 is 18.3 Å². The molecule has 1 aliphatic heterocycles. The van der Waals surface area contributed by atoms with Gasteiger partial charge in [-0.2, -0.15) is 0 Å². The van der Waals surface area contributed by atoms with Crippen LogP contribution in [0.15, 0.2) is 4.52 Å². The maximum Gasteiger partial charge on any atom is 0.225 e. The molecule has 0 unspecified atom stereocenters. The Morgan fingerprint density at radius 2 is 2.25 bits per heavy atom. The van der Waals surface area contributed by atoms with Crippen LogP contribution in [0.5, 0.6) is 0 Å². The molecular weight excluding hydrogens is 230 g/mol. The van der Waals surface area contributed by atoms with Crippen molar-refractivity contribution < 1.29 is 9.32 Å². The summed E-state index contributed by atoms with van der Waals surface area (Å²) < 4.78 is 5.01. The van der Waals surface area contributed by atoms with E-state index in [4.69, 9.17) is 4.52 Å². The summed E-state index contributed by atoms with van der Waals surface area (Å²) in [7, 11) is 0. The van der Waals surface area contributed by atoms with Gasteiger partial charge in [-0.25, -0.2) is 0 Å². The molecule has 5 nitrogen and oxygen atoms in total. The lowest BCUT2D eigenvalue weighted by atomic mass is 10.0. The fourth-order valence-corrected chi connectivity index (χ4v) is 1.55. The molecule has 1 aromatic heterocycles. The summed E-state index contributed by atoms with van der Waals surface area (Å²) in [6.07, 6.45) is 0. The van der Waals surface area contributed by atoms with E-state index in [0.29, 0.717) is 6.54 Å². The van der Waals surface area contributed by atoms with Gasteiger partial charge < -0.3 is 15.2 Å². The van der Waals surface area contributed by atoms with Gasteiger partial charge in [0.2, 0.25) is 5.91 Å². The van der Waals surface area contributed by atoms with E-state index in [1.54, 1.807) is 0 Å². The first kappa shape index (κ1) is 13.0. The SMILES string of the molecule is Cc1noc(C)c1CNC(=O)C1CNC1.Cl. The number of halogens is 1. The molecule has 1 saturated heterocycles. The third-order valence-electron chi connectivity index (χ3n) is 2.77. The molecule has 0 atom stereocenters. The molecule has 0 radical (unpaired) electrons. The molecule has 1 amide bonds. The number of carbonyl (C=O) groups is 1. The predicted molar refractivity (Wildman–Crippen MR) is 61.4 cm³/mol. The van der Waals surface area contributed by atoms with Crippen molar-refractivity contribution in [3.63, 3.8) is 0 Å². The second-order valence-electron chi connectivity index (χ2n) is 3.88. The number of hydrogen-bond acceptors (Lipinski definition) is 4. The van der Waals surface area contributed by atoms with Crippen molar-refractivity contribution in [2.24, 2.45) is 5.92 Å². The fraction of sp³-hybridized carbons (Fsp3) is 0.600. The third-order valence-corrected chi connectivity index (χ3v) is 2.77. The molecule has 0 spiro atoms. The van der Waals surface area contributed by atoms with Gasteiger partial charge in [0.25, 0.3) is 0 Å². The minimum Gasteiger partial charge on any atom is -0.361 e. The van der Waals surface area contributed by atoms with Crippen molar-refractivity contribution in [1.29, 1.82) is 0 Å². The molecule has 1 aliphatic rings. The highest BCUT2D eigenvalue weighted by molar-refractivity contribution is 5.85. The number of nitrogens with zero attached hydrogens (tertiary/aromatic N) is 1. The second kappa shape index (κ2) is 5.32. The smallest absolute Gasteiger partial charge is 0.225 e. The normalized spacial score (nSPS) is 15.1. The summed E-state index contributed by atoms with van der Waals surface area (Å²) >= 11 is 0. The van der Waals surface area contributed by atoms with E-state index < -0.39 is 0 Å². The summed E-state index contributed by atoms with van der Waals surface area (Å²) in [5, 5.41) is 9.79. The zero-order valence-corrected chi connectivity index (χ0v) is 10.2. The average Bonchev–Trinajstić information content (AvgIpc) is 2.41. The summed E-state index contributed by atoms with van der Waals surface area (Å²) in [6.45, 7) is 5.81. The minimum absolute atomic E-state index is 0. The van der Waals surface area contributed by atoms with Crippen LogP contribution in [0.2, 0.25) is 0 Å². The molecule has 2 rings (SSSR count). The van der Waals surface area contributed by atoms with E-state index >= 15 is 0 Å². The lowest BCUT2D eigenvalue weighted by Gasteiger charge is -2.25. The van der Waals surface area contributed by atoms with Gasteiger partial charge in [-0.3, -0.25) is 4.79 Å². The Labute approximate surface area is 100 Å². The Hall–Kier alpha value is -1.07. The molecule has 0 bridgehead atoms. The highest BCUT2D eigenvalue weighted by atomic mass is 35.5. The van der Waals surface area contributed by atoms with Crippen molar-refractivity contribution in [2.45, 2.75) is 20.4 Å². The van der Waals surface area contributed by atoms with Crippen molar-refractivity contribution in [3.05, 3.63) is 17.0 Å². The Morgan fingerprint density at radius 3 is 2.69 bits per heavy atom. The zero-order chi connectivity index (χ0) is 10.8. The molecule has 6 heteroatoms. The lowest BCUT2D eigenvalue weighted by Crippen LogP contribution is -2.50. The van der Waals surface area contributed by atoms with Gasteiger partial charge in [0.1, 0.15) is 5.76 Å². The van der Waals surface area contributed by atoms with E-state index in [1.807, 2.05) is 13.8 Å². The molecule has 16 heavy (non-hydrogen) atoms. The summed E-state index contributed by atoms with van der Waals surface area (Å²) in [5.41, 5.74) is 1.83. The predicted octanol–water partition coefficient (Wildman–Crippen LogP) is 0.549. The zero-order valence-electron chi connectivity index (χ0n) is 9.37. The van der Waals surface area contributed by atoms with Crippen molar-refractivity contribution in [3.8, 4) is 0 Å². The topological polar surface area (TPSA) is 67.2 Å². The van der Waals surface area contributed by atoms with Crippen molar-refractivity contribution in [1.82, 2.24) is 15.8 Å². The summed E-state index contributed by atoms with van der Waals surface area (Å²) in [4.78, 5) is 11.5. The Kier molecular flexibility index (Phi) is 4.32. The molecule has 0 aromatic carbocycles. The van der Waals surface area contributed by atoms with Gasteiger partial charge in [-0.05, 0) is 13.8 Å². The van der Waals surface area contributed by atoms with Crippen LogP contribution in [0.3, 0.4) is 0 Å². The van der Waals surface area contributed by atoms with Crippen LogP contribution in [0.1, 0.15) is 17.0 Å². The second-order valence-corrected chi connectivity index (χ2v) is 3.88. The van der Waals surface area contributed by atoms with Crippen molar-refractivity contribution in [2.75, 3.05) is 13.1 Å². The fourth-order valence-electron chi connectivity index (χ4n) is 1.55. The standard InChI is InChI=1S/C10H15N3O2.ClH/c1-6-9(7(2)15-13-6)5-12-10(14)8-3-11-4-8;/h8,11H,3-5H2,1-2H3,(H,12,14);1H. The number of nitrogens with one attached hydrogen (secondary N) is 2.